The van der Waals surface area contributed by atoms with E-state index in [1.54, 1.807) is 0 Å². The first-order valence-corrected chi connectivity index (χ1v) is 8.39. The van der Waals surface area contributed by atoms with Crippen molar-refractivity contribution < 1.29 is 50.1 Å². The van der Waals surface area contributed by atoms with E-state index in [1.165, 1.54) is 0 Å². The molecule has 0 bridgehead atoms. The summed E-state index contributed by atoms with van der Waals surface area (Å²) in [6.45, 7) is -0.819. The molecule has 0 spiro atoms. The van der Waals surface area contributed by atoms with Gasteiger partial charge in [-0.3, -0.25) is 9.59 Å². The summed E-state index contributed by atoms with van der Waals surface area (Å²) in [4.78, 5) is 19.8. The van der Waals surface area contributed by atoms with Crippen molar-refractivity contribution in [3.05, 3.63) is 0 Å². The minimum Gasteiger partial charge on any atom is -0.481 e. The lowest BCUT2D eigenvalue weighted by Crippen LogP contribution is -2.35. The smallest absolute Gasteiger partial charge is 0.303 e. The zero-order valence-corrected chi connectivity index (χ0v) is 14.9. The highest BCUT2D eigenvalue weighted by Gasteiger charge is 2.28. The normalized spacial score (nSPS) is 12.2. The zero-order chi connectivity index (χ0) is 20.4. The molecule has 0 aliphatic carbocycles. The van der Waals surface area contributed by atoms with Gasteiger partial charge in [-0.1, -0.05) is 0 Å². The number of aliphatic hydroxyl groups excluding tert-OH is 5. The molecule has 1 unspecified atom stereocenters. The van der Waals surface area contributed by atoms with E-state index in [0.29, 0.717) is 25.7 Å². The Balaban J connectivity index is 0. The Kier molecular flexibility index (Phi) is 17.7. The molecule has 10 nitrogen and oxygen atoms in total. The maximum atomic E-state index is 9.90. The largest absolute Gasteiger partial charge is 0.481 e. The Morgan fingerprint density at radius 2 is 1.35 bits per heavy atom. The van der Waals surface area contributed by atoms with E-state index < -0.39 is 23.5 Å². The summed E-state index contributed by atoms with van der Waals surface area (Å²) in [7, 11) is 0. The van der Waals surface area contributed by atoms with Crippen molar-refractivity contribution in [2.75, 3.05) is 39.6 Å². The van der Waals surface area contributed by atoms with Crippen LogP contribution in [0, 0.1) is 5.41 Å². The molecule has 1 atom stereocenters. The molecule has 0 heterocycles. The van der Waals surface area contributed by atoms with Gasteiger partial charge in [-0.15, -0.1) is 0 Å². The summed E-state index contributed by atoms with van der Waals surface area (Å²) in [6.07, 6.45) is 0.910. The maximum absolute atomic E-state index is 9.90. The number of ether oxygens (including phenoxy) is 1. The number of hydrogen-bond acceptors (Lipinski definition) is 8. The monoisotopic (exact) mass is 384 g/mol. The number of rotatable bonds is 15. The van der Waals surface area contributed by atoms with Crippen LogP contribution in [0.25, 0.3) is 0 Å². The van der Waals surface area contributed by atoms with E-state index in [-0.39, 0.29) is 52.5 Å². The van der Waals surface area contributed by atoms with Crippen molar-refractivity contribution >= 4 is 11.9 Å². The third kappa shape index (κ3) is 16.2. The van der Waals surface area contributed by atoms with Gasteiger partial charge in [0.1, 0.15) is 0 Å². The number of aliphatic carboxylic acids is 2. The number of carbonyl (C=O) groups is 2. The van der Waals surface area contributed by atoms with Crippen LogP contribution in [0.1, 0.15) is 38.5 Å². The fraction of sp³-hybridized carbons (Fsp3) is 0.875. The van der Waals surface area contributed by atoms with Crippen LogP contribution < -0.4 is 0 Å². The minimum absolute atomic E-state index is 0.0628. The van der Waals surface area contributed by atoms with Crippen LogP contribution in [0.3, 0.4) is 0 Å². The highest BCUT2D eigenvalue weighted by molar-refractivity contribution is 5.67. The molecule has 0 saturated carbocycles. The number of carboxylic acid groups (broad SMARTS) is 2. The summed E-state index contributed by atoms with van der Waals surface area (Å²) < 4.78 is 4.92. The summed E-state index contributed by atoms with van der Waals surface area (Å²) >= 11 is 0. The molecule has 0 rings (SSSR count). The highest BCUT2D eigenvalue weighted by Crippen LogP contribution is 2.22. The molecule has 0 aromatic carbocycles. The van der Waals surface area contributed by atoms with Gasteiger partial charge < -0.3 is 40.5 Å². The molecule has 7 N–H and O–H groups in total. The van der Waals surface area contributed by atoms with Gasteiger partial charge in [0.25, 0.3) is 0 Å². The number of unbranched alkanes of at least 4 members (excludes halogenated alkanes) is 1. The third-order valence-electron chi connectivity index (χ3n) is 3.59. The molecule has 0 aromatic rings. The van der Waals surface area contributed by atoms with Crippen LogP contribution in [-0.4, -0.2) is 93.4 Å². The van der Waals surface area contributed by atoms with Gasteiger partial charge in [-0.2, -0.15) is 0 Å². The van der Waals surface area contributed by atoms with Gasteiger partial charge in [0.05, 0.1) is 45.7 Å². The molecule has 0 aromatic heterocycles. The second kappa shape index (κ2) is 17.1. The van der Waals surface area contributed by atoms with Crippen LogP contribution >= 0.6 is 0 Å². The number of hydrogen-bond donors (Lipinski definition) is 7. The molecular formula is C16H32O10. The van der Waals surface area contributed by atoms with Gasteiger partial charge in [0.2, 0.25) is 0 Å². The quantitative estimate of drug-likeness (QED) is 0.169. The van der Waals surface area contributed by atoms with E-state index >= 15 is 0 Å². The van der Waals surface area contributed by atoms with Gasteiger partial charge >= 0.3 is 11.9 Å². The SMILES string of the molecule is O=C(O)CCCCC(=O)O.OCCOCC(O)CCC(CO)(CO)CO. The molecule has 0 radical (unpaired) electrons. The summed E-state index contributed by atoms with van der Waals surface area (Å²) in [6, 6.07) is 0. The van der Waals surface area contributed by atoms with Crippen molar-refractivity contribution in [1.82, 2.24) is 0 Å². The van der Waals surface area contributed by atoms with Crippen LogP contribution in [0.4, 0.5) is 0 Å². The Morgan fingerprint density at radius 1 is 0.885 bits per heavy atom. The second-order valence-electron chi connectivity index (χ2n) is 5.96. The summed E-state index contributed by atoms with van der Waals surface area (Å²) in [5.41, 5.74) is -0.946. The van der Waals surface area contributed by atoms with Crippen molar-refractivity contribution in [3.8, 4) is 0 Å². The van der Waals surface area contributed by atoms with E-state index in [9.17, 15) is 14.7 Å². The average molecular weight is 384 g/mol. The standard InChI is InChI=1S/C10H22O6.C6H10O4/c11-3-4-16-5-9(15)1-2-10(6-12,7-13)8-14;7-5(8)3-1-2-4-6(9)10/h9,11-15H,1-8H2;1-4H2,(H,7,8)(H,9,10). The van der Waals surface area contributed by atoms with Crippen LogP contribution in [0.2, 0.25) is 0 Å². The molecular weight excluding hydrogens is 352 g/mol. The van der Waals surface area contributed by atoms with Crippen LogP contribution in [0.5, 0.6) is 0 Å². The lowest BCUT2D eigenvalue weighted by Gasteiger charge is -2.28. The molecule has 0 saturated heterocycles. The molecule has 0 amide bonds. The van der Waals surface area contributed by atoms with E-state index in [0.717, 1.165) is 0 Å². The first-order valence-electron chi connectivity index (χ1n) is 8.39. The number of aliphatic hydroxyl groups is 5. The van der Waals surface area contributed by atoms with Gasteiger partial charge in [0.15, 0.2) is 0 Å². The predicted molar refractivity (Wildman–Crippen MR) is 90.6 cm³/mol. The fourth-order valence-electron chi connectivity index (χ4n) is 1.78. The zero-order valence-electron chi connectivity index (χ0n) is 14.9. The molecule has 0 fully saturated rings. The van der Waals surface area contributed by atoms with Gasteiger partial charge in [-0.05, 0) is 25.7 Å². The first-order chi connectivity index (χ1) is 12.3. The number of carboxylic acids is 2. The lowest BCUT2D eigenvalue weighted by molar-refractivity contribution is -0.139. The van der Waals surface area contributed by atoms with Gasteiger partial charge in [-0.25, -0.2) is 0 Å². The minimum atomic E-state index is -0.946. The topological polar surface area (TPSA) is 185 Å². The lowest BCUT2D eigenvalue weighted by atomic mass is 9.85. The molecule has 0 aliphatic heterocycles. The Morgan fingerprint density at radius 3 is 1.69 bits per heavy atom. The summed E-state index contributed by atoms with van der Waals surface area (Å²) in [5, 5.41) is 61.3. The average Bonchev–Trinajstić information content (AvgIpc) is 2.61. The van der Waals surface area contributed by atoms with Crippen molar-refractivity contribution in [2.45, 2.75) is 44.6 Å². The van der Waals surface area contributed by atoms with Gasteiger partial charge in [0, 0.05) is 18.3 Å². The predicted octanol–water partition coefficient (Wildman–Crippen LogP) is -1.18. The molecule has 0 aliphatic rings. The summed E-state index contributed by atoms with van der Waals surface area (Å²) in [5.74, 6) is -1.74. The van der Waals surface area contributed by atoms with E-state index in [4.69, 9.17) is 35.4 Å². The van der Waals surface area contributed by atoms with Crippen LogP contribution in [-0.2, 0) is 14.3 Å². The molecule has 26 heavy (non-hydrogen) atoms. The molecule has 156 valence electrons. The Bertz CT molecular complexity index is 333. The fourth-order valence-corrected chi connectivity index (χ4v) is 1.78. The van der Waals surface area contributed by atoms with Crippen molar-refractivity contribution in [3.63, 3.8) is 0 Å². The first kappa shape index (κ1) is 26.9. The van der Waals surface area contributed by atoms with Crippen molar-refractivity contribution in [2.24, 2.45) is 5.41 Å². The maximum Gasteiger partial charge on any atom is 0.303 e. The van der Waals surface area contributed by atoms with E-state index in [1.807, 2.05) is 0 Å². The molecule has 10 heteroatoms. The second-order valence-corrected chi connectivity index (χ2v) is 5.96. The van der Waals surface area contributed by atoms with E-state index in [2.05, 4.69) is 0 Å². The third-order valence-corrected chi connectivity index (χ3v) is 3.59. The highest BCUT2D eigenvalue weighted by atomic mass is 16.5. The Hall–Kier alpha value is -1.30. The van der Waals surface area contributed by atoms with Crippen molar-refractivity contribution in [1.29, 1.82) is 0 Å². The Labute approximate surface area is 152 Å². The van der Waals surface area contributed by atoms with Crippen LogP contribution in [0.15, 0.2) is 0 Å².